The molecule has 5 rings (SSSR count). The number of ether oxygens (including phenoxy) is 1. The Morgan fingerprint density at radius 1 is 1.26 bits per heavy atom. The maximum absolute atomic E-state index is 13.8. The first kappa shape index (κ1) is 24.4. The van der Waals surface area contributed by atoms with E-state index < -0.39 is 5.82 Å². The molecule has 0 spiro atoms. The third-order valence-electron chi connectivity index (χ3n) is 7.57. The van der Waals surface area contributed by atoms with E-state index in [1.165, 1.54) is 6.07 Å². The predicted molar refractivity (Wildman–Crippen MR) is 133 cm³/mol. The van der Waals surface area contributed by atoms with Crippen molar-refractivity contribution in [3.63, 3.8) is 0 Å². The summed E-state index contributed by atoms with van der Waals surface area (Å²) in [4.78, 5) is 24.7. The van der Waals surface area contributed by atoms with Gasteiger partial charge in [-0.3, -0.25) is 4.79 Å². The zero-order valence-corrected chi connectivity index (χ0v) is 20.7. The average molecular weight is 502 g/mol. The lowest BCUT2D eigenvalue weighted by atomic mass is 9.78. The molecule has 2 aromatic rings. The van der Waals surface area contributed by atoms with Crippen molar-refractivity contribution in [2.24, 2.45) is 5.92 Å². The number of hydrogen-bond donors (Lipinski definition) is 2. The number of carbonyl (C=O) groups excluding carboxylic acids is 1. The van der Waals surface area contributed by atoms with E-state index >= 15 is 0 Å². The van der Waals surface area contributed by atoms with Gasteiger partial charge in [0.25, 0.3) is 0 Å². The van der Waals surface area contributed by atoms with E-state index in [9.17, 15) is 9.18 Å². The number of carbonyl (C=O) groups is 1. The fourth-order valence-electron chi connectivity index (χ4n) is 5.47. The molecule has 1 amide bonds. The van der Waals surface area contributed by atoms with Gasteiger partial charge in [-0.2, -0.15) is 0 Å². The van der Waals surface area contributed by atoms with Crippen LogP contribution in [0.1, 0.15) is 54.8 Å². The number of rotatable bonds is 6. The number of aromatic nitrogens is 2. The molecule has 188 valence electrons. The molecular weight excluding hydrogens is 469 g/mol. The summed E-state index contributed by atoms with van der Waals surface area (Å²) in [5.41, 5.74) is 2.96. The van der Waals surface area contributed by atoms with Crippen molar-refractivity contribution in [3.8, 4) is 0 Å². The van der Waals surface area contributed by atoms with Crippen LogP contribution in [0.15, 0.2) is 24.4 Å². The Morgan fingerprint density at radius 2 is 2.06 bits per heavy atom. The predicted octanol–water partition coefficient (Wildman–Crippen LogP) is 3.92. The van der Waals surface area contributed by atoms with Crippen LogP contribution >= 0.6 is 11.6 Å². The normalized spacial score (nSPS) is 20.3. The first-order chi connectivity index (χ1) is 17.1. The van der Waals surface area contributed by atoms with Gasteiger partial charge in [0.1, 0.15) is 5.82 Å². The summed E-state index contributed by atoms with van der Waals surface area (Å²) in [7, 11) is 0. The SMILES string of the molecule is O=C(CC(c1ccc(F)c(Cl)c1)C1CCNCC1)N1CCc2cnc(NC3CCOCC3)nc2C1. The molecule has 9 heteroatoms. The Balaban J connectivity index is 1.29. The molecule has 3 aliphatic rings. The van der Waals surface area contributed by atoms with Crippen molar-refractivity contribution in [2.45, 2.75) is 57.0 Å². The molecule has 0 radical (unpaired) electrons. The maximum Gasteiger partial charge on any atom is 0.223 e. The van der Waals surface area contributed by atoms with Crippen molar-refractivity contribution >= 4 is 23.5 Å². The lowest BCUT2D eigenvalue weighted by Gasteiger charge is -2.34. The van der Waals surface area contributed by atoms with E-state index in [-0.39, 0.29) is 16.8 Å². The second kappa shape index (κ2) is 11.2. The second-order valence-corrected chi connectivity index (χ2v) is 10.2. The molecular formula is C26H33ClFN5O2. The topological polar surface area (TPSA) is 79.4 Å². The summed E-state index contributed by atoms with van der Waals surface area (Å²) in [6, 6.07) is 5.21. The summed E-state index contributed by atoms with van der Waals surface area (Å²) in [5, 5.41) is 6.94. The van der Waals surface area contributed by atoms with Gasteiger partial charge in [-0.05, 0) is 80.3 Å². The third kappa shape index (κ3) is 5.93. The molecule has 2 saturated heterocycles. The zero-order valence-electron chi connectivity index (χ0n) is 19.9. The first-order valence-corrected chi connectivity index (χ1v) is 13.1. The average Bonchev–Trinajstić information content (AvgIpc) is 2.89. The molecule has 0 aliphatic carbocycles. The van der Waals surface area contributed by atoms with Gasteiger partial charge < -0.3 is 20.3 Å². The van der Waals surface area contributed by atoms with E-state index in [2.05, 4.69) is 15.6 Å². The molecule has 3 aliphatic heterocycles. The highest BCUT2D eigenvalue weighted by atomic mass is 35.5. The fourth-order valence-corrected chi connectivity index (χ4v) is 5.66. The van der Waals surface area contributed by atoms with Crippen molar-refractivity contribution < 1.29 is 13.9 Å². The monoisotopic (exact) mass is 501 g/mol. The van der Waals surface area contributed by atoms with Crippen LogP contribution in [0.3, 0.4) is 0 Å². The Kier molecular flexibility index (Phi) is 7.80. The van der Waals surface area contributed by atoms with Crippen LogP contribution < -0.4 is 10.6 Å². The highest BCUT2D eigenvalue weighted by Gasteiger charge is 2.31. The van der Waals surface area contributed by atoms with Crippen LogP contribution in [-0.4, -0.2) is 59.7 Å². The Labute approximate surface area is 210 Å². The molecule has 1 unspecified atom stereocenters. The van der Waals surface area contributed by atoms with E-state index in [0.29, 0.717) is 37.4 Å². The number of halogens is 2. The van der Waals surface area contributed by atoms with E-state index in [1.807, 2.05) is 11.1 Å². The minimum Gasteiger partial charge on any atom is -0.381 e. The van der Waals surface area contributed by atoms with Crippen molar-refractivity contribution in [3.05, 3.63) is 52.1 Å². The lowest BCUT2D eigenvalue weighted by Crippen LogP contribution is -2.39. The molecule has 4 heterocycles. The molecule has 35 heavy (non-hydrogen) atoms. The number of piperidine rings is 1. The molecule has 0 saturated carbocycles. The van der Waals surface area contributed by atoms with Gasteiger partial charge in [0.2, 0.25) is 11.9 Å². The Hall–Kier alpha value is -2.29. The van der Waals surface area contributed by atoms with E-state index in [1.54, 1.807) is 12.1 Å². The number of amides is 1. The Morgan fingerprint density at radius 3 is 2.83 bits per heavy atom. The number of nitrogens with zero attached hydrogens (tertiary/aromatic N) is 3. The summed E-state index contributed by atoms with van der Waals surface area (Å²) >= 11 is 6.11. The number of hydrogen-bond acceptors (Lipinski definition) is 6. The van der Waals surface area contributed by atoms with Gasteiger partial charge in [-0.1, -0.05) is 17.7 Å². The van der Waals surface area contributed by atoms with Crippen molar-refractivity contribution in [1.82, 2.24) is 20.2 Å². The number of benzene rings is 1. The molecule has 1 aromatic heterocycles. The molecule has 2 fully saturated rings. The Bertz CT molecular complexity index is 1040. The van der Waals surface area contributed by atoms with Gasteiger partial charge in [0.15, 0.2) is 0 Å². The molecule has 7 nitrogen and oxygen atoms in total. The van der Waals surface area contributed by atoms with Gasteiger partial charge >= 0.3 is 0 Å². The number of fused-ring (bicyclic) bond motifs is 1. The second-order valence-electron chi connectivity index (χ2n) is 9.83. The lowest BCUT2D eigenvalue weighted by molar-refractivity contribution is -0.133. The maximum atomic E-state index is 13.8. The first-order valence-electron chi connectivity index (χ1n) is 12.7. The van der Waals surface area contributed by atoms with E-state index in [0.717, 1.165) is 75.2 Å². The largest absolute Gasteiger partial charge is 0.381 e. The smallest absolute Gasteiger partial charge is 0.223 e. The van der Waals surface area contributed by atoms with Crippen LogP contribution in [0.5, 0.6) is 0 Å². The summed E-state index contributed by atoms with van der Waals surface area (Å²) < 4.78 is 19.3. The summed E-state index contributed by atoms with van der Waals surface area (Å²) in [6.07, 6.45) is 6.89. The van der Waals surface area contributed by atoms with Gasteiger partial charge in [-0.25, -0.2) is 14.4 Å². The van der Waals surface area contributed by atoms with Crippen LogP contribution in [0, 0.1) is 11.7 Å². The molecule has 2 N–H and O–H groups in total. The fraction of sp³-hybridized carbons (Fsp3) is 0.577. The molecule has 0 bridgehead atoms. The molecule has 1 aromatic carbocycles. The van der Waals surface area contributed by atoms with Gasteiger partial charge in [0.05, 0.1) is 17.3 Å². The van der Waals surface area contributed by atoms with Gasteiger partial charge in [-0.15, -0.1) is 0 Å². The molecule has 1 atom stereocenters. The number of nitrogens with one attached hydrogen (secondary N) is 2. The van der Waals surface area contributed by atoms with Gasteiger partial charge in [0, 0.05) is 38.4 Å². The van der Waals surface area contributed by atoms with Crippen molar-refractivity contribution in [2.75, 3.05) is 38.2 Å². The minimum absolute atomic E-state index is 0.0141. The summed E-state index contributed by atoms with van der Waals surface area (Å²) in [5.74, 6) is 0.676. The van der Waals surface area contributed by atoms with Crippen molar-refractivity contribution in [1.29, 1.82) is 0 Å². The van der Waals surface area contributed by atoms with Crippen LogP contribution in [0.25, 0.3) is 0 Å². The third-order valence-corrected chi connectivity index (χ3v) is 7.86. The quantitative estimate of drug-likeness (QED) is 0.624. The highest BCUT2D eigenvalue weighted by Crippen LogP contribution is 2.36. The minimum atomic E-state index is -0.428. The van der Waals surface area contributed by atoms with Crippen LogP contribution in [0.2, 0.25) is 5.02 Å². The van der Waals surface area contributed by atoms with Crippen LogP contribution in [0.4, 0.5) is 10.3 Å². The standard InChI is InChI=1S/C26H33ClFN5O2/c27-22-13-18(1-2-23(22)28)21(17-3-8-29-9-4-17)14-25(34)33-10-5-19-15-30-26(32-24(19)16-33)31-20-6-11-35-12-7-20/h1-2,13,15,17,20-21,29H,3-12,14,16H2,(H,30,31,32). The van der Waals surface area contributed by atoms with E-state index in [4.69, 9.17) is 21.3 Å². The zero-order chi connectivity index (χ0) is 24.2. The number of anilines is 1. The van der Waals surface area contributed by atoms with Crippen LogP contribution in [-0.2, 0) is 22.5 Å². The highest BCUT2D eigenvalue weighted by molar-refractivity contribution is 6.30. The summed E-state index contributed by atoms with van der Waals surface area (Å²) in [6.45, 7) is 4.51.